The van der Waals surface area contributed by atoms with E-state index in [1.807, 2.05) is 31.2 Å². The van der Waals surface area contributed by atoms with Gasteiger partial charge in [-0.1, -0.05) is 37.3 Å². The van der Waals surface area contributed by atoms with Crippen LogP contribution in [0.1, 0.15) is 43.4 Å². The minimum absolute atomic E-state index is 0.0613. The number of carbonyl (C=O) groups excluding carboxylic acids is 1. The highest BCUT2D eigenvalue weighted by atomic mass is 32.2. The fraction of sp³-hybridized carbons (Fsp3) is 0.435. The number of amides is 1. The molecular formula is C23H29FN2O4S. The van der Waals surface area contributed by atoms with Crippen LogP contribution >= 0.6 is 0 Å². The molecule has 1 aliphatic rings. The van der Waals surface area contributed by atoms with Gasteiger partial charge in [-0.2, -0.15) is 0 Å². The number of benzene rings is 2. The van der Waals surface area contributed by atoms with Crippen LogP contribution in [-0.4, -0.2) is 38.8 Å². The first-order valence-corrected chi connectivity index (χ1v) is 12.1. The number of ether oxygens (including phenoxy) is 1. The molecule has 1 amide bonds. The molecule has 0 saturated carbocycles. The first-order valence-electron chi connectivity index (χ1n) is 10.5. The highest BCUT2D eigenvalue weighted by Gasteiger charge is 2.32. The molecule has 0 bridgehead atoms. The number of hydrogen-bond acceptors (Lipinski definition) is 4. The maximum absolute atomic E-state index is 13.8. The van der Waals surface area contributed by atoms with Gasteiger partial charge in [0, 0.05) is 24.6 Å². The van der Waals surface area contributed by atoms with Crippen molar-refractivity contribution in [3.63, 3.8) is 0 Å². The zero-order chi connectivity index (χ0) is 22.4. The van der Waals surface area contributed by atoms with Gasteiger partial charge < -0.3 is 10.1 Å². The van der Waals surface area contributed by atoms with Gasteiger partial charge in [0.25, 0.3) is 0 Å². The molecule has 0 unspecified atom stereocenters. The first kappa shape index (κ1) is 23.2. The van der Waals surface area contributed by atoms with Crippen LogP contribution in [0.5, 0.6) is 5.75 Å². The smallest absolute Gasteiger partial charge is 0.223 e. The van der Waals surface area contributed by atoms with Crippen molar-refractivity contribution < 1.29 is 22.3 Å². The van der Waals surface area contributed by atoms with Crippen molar-refractivity contribution in [1.29, 1.82) is 0 Å². The summed E-state index contributed by atoms with van der Waals surface area (Å²) in [5, 5.41) is 3.09. The quantitative estimate of drug-likeness (QED) is 0.669. The largest absolute Gasteiger partial charge is 0.497 e. The summed E-state index contributed by atoms with van der Waals surface area (Å²) in [5.41, 5.74) is 1.16. The molecule has 1 fully saturated rings. The molecule has 0 radical (unpaired) electrons. The van der Waals surface area contributed by atoms with Gasteiger partial charge in [-0.3, -0.25) is 4.79 Å². The topological polar surface area (TPSA) is 75.7 Å². The monoisotopic (exact) mass is 448 g/mol. The van der Waals surface area contributed by atoms with Crippen LogP contribution in [0.25, 0.3) is 0 Å². The van der Waals surface area contributed by atoms with Gasteiger partial charge in [-0.25, -0.2) is 17.1 Å². The third-order valence-electron chi connectivity index (χ3n) is 5.76. The van der Waals surface area contributed by atoms with Gasteiger partial charge >= 0.3 is 0 Å². The summed E-state index contributed by atoms with van der Waals surface area (Å²) < 4.78 is 45.8. The van der Waals surface area contributed by atoms with Crippen molar-refractivity contribution in [3.8, 4) is 5.75 Å². The number of rotatable bonds is 8. The molecule has 1 saturated heterocycles. The Morgan fingerprint density at radius 1 is 1.16 bits per heavy atom. The molecule has 1 atom stereocenters. The van der Waals surface area contributed by atoms with E-state index in [0.717, 1.165) is 17.7 Å². The Hall–Kier alpha value is -2.45. The summed E-state index contributed by atoms with van der Waals surface area (Å²) >= 11 is 0. The molecule has 0 aromatic heterocycles. The van der Waals surface area contributed by atoms with Gasteiger partial charge in [-0.15, -0.1) is 0 Å². The van der Waals surface area contributed by atoms with E-state index in [4.69, 9.17) is 4.74 Å². The van der Waals surface area contributed by atoms with Crippen LogP contribution < -0.4 is 10.1 Å². The Bertz CT molecular complexity index is 987. The van der Waals surface area contributed by atoms with Crippen molar-refractivity contribution in [2.45, 2.75) is 38.0 Å². The number of halogens is 1. The number of hydrogen-bond donors (Lipinski definition) is 1. The fourth-order valence-corrected chi connectivity index (χ4v) is 5.42. The van der Waals surface area contributed by atoms with Crippen LogP contribution in [0.15, 0.2) is 48.5 Å². The lowest BCUT2D eigenvalue weighted by molar-refractivity contribution is -0.126. The van der Waals surface area contributed by atoms with Crippen molar-refractivity contribution in [2.24, 2.45) is 5.92 Å². The number of nitrogens with one attached hydrogen (secondary N) is 1. The number of nitrogens with zero attached hydrogens (tertiary/aromatic N) is 1. The van der Waals surface area contributed by atoms with E-state index in [1.165, 1.54) is 22.5 Å². The van der Waals surface area contributed by atoms with Crippen LogP contribution in [0.4, 0.5) is 4.39 Å². The van der Waals surface area contributed by atoms with E-state index in [2.05, 4.69) is 5.32 Å². The van der Waals surface area contributed by atoms with Gasteiger partial charge in [0.05, 0.1) is 18.9 Å². The third kappa shape index (κ3) is 5.83. The van der Waals surface area contributed by atoms with Crippen molar-refractivity contribution in [3.05, 3.63) is 65.5 Å². The lowest BCUT2D eigenvalue weighted by Crippen LogP contribution is -2.44. The number of piperidine rings is 1. The maximum atomic E-state index is 13.8. The fourth-order valence-electron chi connectivity index (χ4n) is 3.85. The van der Waals surface area contributed by atoms with Crippen LogP contribution in [0.2, 0.25) is 0 Å². The molecule has 0 spiro atoms. The highest BCUT2D eigenvalue weighted by Crippen LogP contribution is 2.25. The average Bonchev–Trinajstić information content (AvgIpc) is 2.79. The summed E-state index contributed by atoms with van der Waals surface area (Å²) in [4.78, 5) is 12.8. The van der Waals surface area contributed by atoms with Crippen molar-refractivity contribution >= 4 is 15.9 Å². The van der Waals surface area contributed by atoms with E-state index < -0.39 is 15.8 Å². The van der Waals surface area contributed by atoms with Crippen LogP contribution in [0, 0.1) is 11.7 Å². The second-order valence-electron chi connectivity index (χ2n) is 7.76. The lowest BCUT2D eigenvalue weighted by Gasteiger charge is -2.31. The van der Waals surface area contributed by atoms with Crippen molar-refractivity contribution in [2.75, 3.05) is 20.2 Å². The molecule has 168 valence electrons. The average molecular weight is 449 g/mol. The second-order valence-corrected chi connectivity index (χ2v) is 9.73. The molecule has 8 heteroatoms. The molecule has 3 rings (SSSR count). The van der Waals surface area contributed by atoms with E-state index in [9.17, 15) is 17.6 Å². The predicted molar refractivity (Wildman–Crippen MR) is 117 cm³/mol. The molecule has 1 heterocycles. The Balaban J connectivity index is 1.56. The van der Waals surface area contributed by atoms with E-state index in [-0.39, 0.29) is 42.3 Å². The van der Waals surface area contributed by atoms with E-state index >= 15 is 0 Å². The van der Waals surface area contributed by atoms with E-state index in [0.29, 0.717) is 12.8 Å². The van der Waals surface area contributed by atoms with Gasteiger partial charge in [0.15, 0.2) is 0 Å². The summed E-state index contributed by atoms with van der Waals surface area (Å²) in [6, 6.07) is 13.4. The SMILES string of the molecule is CC[C@@H](NC(=O)C1CCN(S(=O)(=O)Cc2ccccc2F)CC1)c1ccc(OC)cc1. The summed E-state index contributed by atoms with van der Waals surface area (Å²) in [5.74, 6) is -0.439. The Morgan fingerprint density at radius 3 is 2.39 bits per heavy atom. The predicted octanol–water partition coefficient (Wildman–Crippen LogP) is 3.64. The van der Waals surface area contributed by atoms with Gasteiger partial charge in [0.1, 0.15) is 11.6 Å². The minimum atomic E-state index is -3.64. The maximum Gasteiger partial charge on any atom is 0.223 e. The first-order chi connectivity index (χ1) is 14.8. The van der Waals surface area contributed by atoms with Gasteiger partial charge in [-0.05, 0) is 43.0 Å². The molecule has 1 aliphatic heterocycles. The zero-order valence-electron chi connectivity index (χ0n) is 17.9. The van der Waals surface area contributed by atoms with Crippen molar-refractivity contribution in [1.82, 2.24) is 9.62 Å². The highest BCUT2D eigenvalue weighted by molar-refractivity contribution is 7.88. The number of carbonyl (C=O) groups is 1. The van der Waals surface area contributed by atoms with Gasteiger partial charge in [0.2, 0.25) is 15.9 Å². The molecule has 2 aromatic carbocycles. The van der Waals surface area contributed by atoms with E-state index in [1.54, 1.807) is 13.2 Å². The minimum Gasteiger partial charge on any atom is -0.497 e. The molecule has 2 aromatic rings. The summed E-state index contributed by atoms with van der Waals surface area (Å²) in [6.07, 6.45) is 1.64. The zero-order valence-corrected chi connectivity index (χ0v) is 18.7. The Labute approximate surface area is 183 Å². The third-order valence-corrected chi connectivity index (χ3v) is 7.58. The normalized spacial score (nSPS) is 16.6. The number of sulfonamides is 1. The molecule has 0 aliphatic carbocycles. The lowest BCUT2D eigenvalue weighted by atomic mass is 9.95. The standard InChI is InChI=1S/C23H29FN2O4S/c1-3-22(17-8-10-20(30-2)11-9-17)25-23(27)18-12-14-26(15-13-18)31(28,29)16-19-6-4-5-7-21(19)24/h4-11,18,22H,3,12-16H2,1-2H3,(H,25,27)/t22-/m1/s1. The van der Waals surface area contributed by atoms with Crippen LogP contribution in [0.3, 0.4) is 0 Å². The second kappa shape index (κ2) is 10.2. The molecule has 1 N–H and O–H groups in total. The summed E-state index contributed by atoms with van der Waals surface area (Å²) in [6.45, 7) is 2.52. The Kier molecular flexibility index (Phi) is 7.67. The molecular weight excluding hydrogens is 419 g/mol. The summed E-state index contributed by atoms with van der Waals surface area (Å²) in [7, 11) is -2.03. The molecule has 31 heavy (non-hydrogen) atoms. The molecule has 6 nitrogen and oxygen atoms in total. The Morgan fingerprint density at radius 2 is 1.81 bits per heavy atom. The number of methoxy groups -OCH3 is 1. The van der Waals surface area contributed by atoms with Crippen LogP contribution in [-0.2, 0) is 20.6 Å².